The van der Waals surface area contributed by atoms with Gasteiger partial charge in [0.1, 0.15) is 15.9 Å². The molecule has 9 heteroatoms. The molecule has 1 aromatic carbocycles. The van der Waals surface area contributed by atoms with Crippen LogP contribution in [0.4, 0.5) is 13.2 Å². The molecule has 0 aliphatic rings. The maximum Gasteiger partial charge on any atom is 1.00 e. The molecule has 0 aliphatic carbocycles. The first kappa shape index (κ1) is 16.7. The van der Waals surface area contributed by atoms with Crippen molar-refractivity contribution in [1.82, 2.24) is 0 Å². The third kappa shape index (κ3) is 4.84. The summed E-state index contributed by atoms with van der Waals surface area (Å²) >= 11 is 0. The standard InChI is InChI=1S/C8H7F3O4S.Na/c1-5-3-2-4-6(15-8(9,10)11)7(5)16(12,13)14;/h2-4H,1H3,(H,12,13,14);/q;+1/p-1. The van der Waals surface area contributed by atoms with E-state index in [0.29, 0.717) is 0 Å². The minimum absolute atomic E-state index is 0. The number of hydrogen-bond donors (Lipinski definition) is 0. The summed E-state index contributed by atoms with van der Waals surface area (Å²) in [5.74, 6) is -1.01. The molecule has 0 spiro atoms. The topological polar surface area (TPSA) is 66.4 Å². The number of benzene rings is 1. The van der Waals surface area contributed by atoms with Gasteiger partial charge in [0.15, 0.2) is 0 Å². The molecule has 4 nitrogen and oxygen atoms in total. The van der Waals surface area contributed by atoms with Gasteiger partial charge in [-0.25, -0.2) is 8.42 Å². The van der Waals surface area contributed by atoms with Crippen molar-refractivity contribution in [2.24, 2.45) is 0 Å². The van der Waals surface area contributed by atoms with Gasteiger partial charge in [-0.3, -0.25) is 0 Å². The van der Waals surface area contributed by atoms with Crippen LogP contribution in [0.5, 0.6) is 5.75 Å². The van der Waals surface area contributed by atoms with Crippen LogP contribution in [0.3, 0.4) is 0 Å². The maximum atomic E-state index is 11.9. The fraction of sp³-hybridized carbons (Fsp3) is 0.250. The van der Waals surface area contributed by atoms with Crippen molar-refractivity contribution in [1.29, 1.82) is 0 Å². The summed E-state index contributed by atoms with van der Waals surface area (Å²) in [4.78, 5) is -0.993. The molecular formula is C8H6F3NaO4S. The van der Waals surface area contributed by atoms with Gasteiger partial charge < -0.3 is 9.29 Å². The second kappa shape index (κ2) is 5.57. The zero-order valence-electron chi connectivity index (χ0n) is 8.91. The van der Waals surface area contributed by atoms with E-state index in [1.807, 2.05) is 0 Å². The molecule has 0 bridgehead atoms. The van der Waals surface area contributed by atoms with Gasteiger partial charge in [-0.05, 0) is 18.6 Å². The fourth-order valence-electron chi connectivity index (χ4n) is 1.15. The Bertz CT molecular complexity index is 498. The van der Waals surface area contributed by atoms with E-state index in [0.717, 1.165) is 12.1 Å². The molecule has 17 heavy (non-hydrogen) atoms. The molecule has 0 N–H and O–H groups in total. The van der Waals surface area contributed by atoms with E-state index in [-0.39, 0.29) is 35.1 Å². The van der Waals surface area contributed by atoms with E-state index < -0.39 is 27.1 Å². The molecule has 0 atom stereocenters. The zero-order valence-corrected chi connectivity index (χ0v) is 11.7. The van der Waals surface area contributed by atoms with Crippen LogP contribution in [0, 0.1) is 6.92 Å². The van der Waals surface area contributed by atoms with Crippen molar-refractivity contribution >= 4 is 10.1 Å². The van der Waals surface area contributed by atoms with Gasteiger partial charge in [0.25, 0.3) is 0 Å². The van der Waals surface area contributed by atoms with Crippen LogP contribution < -0.4 is 34.3 Å². The van der Waals surface area contributed by atoms with E-state index in [1.165, 1.54) is 13.0 Å². The summed E-state index contributed by atoms with van der Waals surface area (Å²) in [6.45, 7) is 1.20. The largest absolute Gasteiger partial charge is 1.00 e. The Labute approximate surface area is 118 Å². The summed E-state index contributed by atoms with van der Waals surface area (Å²) in [6.07, 6.45) is -5.05. The minimum atomic E-state index is -5.05. The van der Waals surface area contributed by atoms with Gasteiger partial charge in [0.2, 0.25) is 0 Å². The van der Waals surface area contributed by atoms with E-state index >= 15 is 0 Å². The number of hydrogen-bond acceptors (Lipinski definition) is 4. The summed E-state index contributed by atoms with van der Waals surface area (Å²) in [6, 6.07) is 3.13. The molecule has 90 valence electrons. The Morgan fingerprint density at radius 1 is 1.29 bits per heavy atom. The molecule has 0 saturated carbocycles. The monoisotopic (exact) mass is 278 g/mol. The quantitative estimate of drug-likeness (QED) is 0.503. The summed E-state index contributed by atoms with van der Waals surface area (Å²) < 4.78 is 71.5. The molecule has 0 fully saturated rings. The molecule has 0 aliphatic heterocycles. The number of alkyl halides is 3. The van der Waals surface area contributed by atoms with Crippen molar-refractivity contribution in [3.8, 4) is 5.75 Å². The first-order chi connectivity index (χ1) is 7.11. The van der Waals surface area contributed by atoms with E-state index in [4.69, 9.17) is 0 Å². The first-order valence-electron chi connectivity index (χ1n) is 3.92. The van der Waals surface area contributed by atoms with Gasteiger partial charge in [-0.2, -0.15) is 0 Å². The van der Waals surface area contributed by atoms with Crippen LogP contribution in [0.2, 0.25) is 0 Å². The molecule has 0 heterocycles. The second-order valence-electron chi connectivity index (χ2n) is 2.90. The van der Waals surface area contributed by atoms with Crippen LogP contribution in [-0.4, -0.2) is 19.3 Å². The number of ether oxygens (including phenoxy) is 1. The molecule has 0 radical (unpaired) electrons. The molecule has 1 rings (SSSR count). The van der Waals surface area contributed by atoms with Crippen LogP contribution >= 0.6 is 0 Å². The van der Waals surface area contributed by atoms with Crippen LogP contribution in [-0.2, 0) is 10.1 Å². The maximum absolute atomic E-state index is 11.9. The van der Waals surface area contributed by atoms with Crippen molar-refractivity contribution in [2.75, 3.05) is 0 Å². The third-order valence-corrected chi connectivity index (χ3v) is 2.67. The smallest absolute Gasteiger partial charge is 0.744 e. The summed E-state index contributed by atoms with van der Waals surface area (Å²) in [7, 11) is -5.01. The Kier molecular flexibility index (Phi) is 5.48. The Balaban J connectivity index is 0.00000256. The van der Waals surface area contributed by atoms with Gasteiger partial charge >= 0.3 is 35.9 Å². The summed E-state index contributed by atoms with van der Waals surface area (Å²) in [5, 5.41) is 0. The first-order valence-corrected chi connectivity index (χ1v) is 5.33. The normalized spacial score (nSPS) is 11.8. The molecule has 0 unspecified atom stereocenters. The third-order valence-electron chi connectivity index (χ3n) is 1.65. The van der Waals surface area contributed by atoms with Gasteiger partial charge in [-0.1, -0.05) is 12.1 Å². The summed E-state index contributed by atoms with van der Waals surface area (Å²) in [5.41, 5.74) is -0.100. The van der Waals surface area contributed by atoms with Gasteiger partial charge in [0, 0.05) is 0 Å². The fourth-order valence-corrected chi connectivity index (χ4v) is 1.97. The van der Waals surface area contributed by atoms with Crippen LogP contribution in [0.15, 0.2) is 23.1 Å². The molecule has 0 saturated heterocycles. The molecule has 1 aromatic rings. The predicted molar refractivity (Wildman–Crippen MR) is 45.8 cm³/mol. The Morgan fingerprint density at radius 2 is 1.82 bits per heavy atom. The van der Waals surface area contributed by atoms with Crippen molar-refractivity contribution < 1.29 is 60.4 Å². The second-order valence-corrected chi connectivity index (χ2v) is 4.22. The Hall–Kier alpha value is -0.280. The molecule has 0 aromatic heterocycles. The van der Waals surface area contributed by atoms with Crippen LogP contribution in [0.25, 0.3) is 0 Å². The number of halogens is 3. The van der Waals surface area contributed by atoms with E-state index in [9.17, 15) is 26.1 Å². The van der Waals surface area contributed by atoms with Crippen molar-refractivity contribution in [3.63, 3.8) is 0 Å². The molecule has 0 amide bonds. The SMILES string of the molecule is Cc1cccc(OC(F)(F)F)c1S(=O)(=O)[O-].[Na+]. The zero-order chi connectivity index (χ0) is 12.6. The van der Waals surface area contributed by atoms with Gasteiger partial charge in [-0.15, -0.1) is 13.2 Å². The van der Waals surface area contributed by atoms with Crippen molar-refractivity contribution in [3.05, 3.63) is 23.8 Å². The van der Waals surface area contributed by atoms with E-state index in [1.54, 1.807) is 0 Å². The minimum Gasteiger partial charge on any atom is -0.744 e. The van der Waals surface area contributed by atoms with Crippen molar-refractivity contribution in [2.45, 2.75) is 18.2 Å². The predicted octanol–water partition coefficient (Wildman–Crippen LogP) is -1.20. The average molecular weight is 278 g/mol. The van der Waals surface area contributed by atoms with Gasteiger partial charge in [0.05, 0.1) is 4.90 Å². The number of aryl methyl sites for hydroxylation is 1. The van der Waals surface area contributed by atoms with E-state index in [2.05, 4.69) is 4.74 Å². The Morgan fingerprint density at radius 3 is 2.24 bits per heavy atom. The number of rotatable bonds is 2. The molecular weight excluding hydrogens is 272 g/mol. The van der Waals surface area contributed by atoms with Crippen LogP contribution in [0.1, 0.15) is 5.56 Å². The average Bonchev–Trinajstić information content (AvgIpc) is 1.97.